The highest BCUT2D eigenvalue weighted by Crippen LogP contribution is 2.25. The molecule has 1 fully saturated rings. The van der Waals surface area contributed by atoms with Gasteiger partial charge in [-0.05, 0) is 45.3 Å². The number of rotatable bonds is 4. The summed E-state index contributed by atoms with van der Waals surface area (Å²) in [5.41, 5.74) is 4.17. The van der Waals surface area contributed by atoms with Crippen LogP contribution in [0.25, 0.3) is 11.3 Å². The zero-order valence-electron chi connectivity index (χ0n) is 16.4. The van der Waals surface area contributed by atoms with Gasteiger partial charge in [0.05, 0.1) is 17.4 Å². The van der Waals surface area contributed by atoms with E-state index >= 15 is 0 Å². The average molecular weight is 379 g/mol. The number of anilines is 1. The summed E-state index contributed by atoms with van der Waals surface area (Å²) in [6.45, 7) is 5.87. The summed E-state index contributed by atoms with van der Waals surface area (Å²) < 4.78 is 3.56. The summed E-state index contributed by atoms with van der Waals surface area (Å²) in [5, 5.41) is 19.2. The van der Waals surface area contributed by atoms with Crippen LogP contribution in [-0.2, 0) is 7.05 Å². The predicted molar refractivity (Wildman–Crippen MR) is 107 cm³/mol. The van der Waals surface area contributed by atoms with Crippen LogP contribution in [0.15, 0.2) is 30.3 Å². The molecule has 28 heavy (non-hydrogen) atoms. The summed E-state index contributed by atoms with van der Waals surface area (Å²) in [7, 11) is 1.82. The summed E-state index contributed by atoms with van der Waals surface area (Å²) in [6, 6.07) is 10.2. The van der Waals surface area contributed by atoms with Crippen molar-refractivity contribution in [3.8, 4) is 11.3 Å². The molecule has 8 heteroatoms. The Kier molecular flexibility index (Phi) is 4.95. The Balaban J connectivity index is 1.55. The Hall–Kier alpha value is -3.00. The number of amides is 1. The van der Waals surface area contributed by atoms with Crippen molar-refractivity contribution < 1.29 is 4.79 Å². The minimum atomic E-state index is -0.267. The second-order valence-electron chi connectivity index (χ2n) is 7.26. The number of carbonyl (C=O) groups excluding carboxylic acids is 1. The number of nitrogens with zero attached hydrogens (tertiary/aromatic N) is 5. The van der Waals surface area contributed by atoms with E-state index in [9.17, 15) is 4.79 Å². The lowest BCUT2D eigenvalue weighted by Gasteiger charge is -2.23. The van der Waals surface area contributed by atoms with Crippen molar-refractivity contribution in [2.24, 2.45) is 7.05 Å². The van der Waals surface area contributed by atoms with Gasteiger partial charge in [-0.1, -0.05) is 29.5 Å². The van der Waals surface area contributed by atoms with Crippen LogP contribution in [-0.4, -0.2) is 43.8 Å². The third kappa shape index (κ3) is 3.43. The first-order valence-electron chi connectivity index (χ1n) is 9.58. The monoisotopic (exact) mass is 379 g/mol. The van der Waals surface area contributed by atoms with E-state index in [1.807, 2.05) is 55.9 Å². The maximum Gasteiger partial charge on any atom is 0.279 e. The molecule has 1 aliphatic heterocycles. The van der Waals surface area contributed by atoms with Gasteiger partial charge >= 0.3 is 0 Å². The number of benzene rings is 1. The van der Waals surface area contributed by atoms with Crippen molar-refractivity contribution >= 4 is 11.7 Å². The lowest BCUT2D eigenvalue weighted by atomic mass is 10.1. The molecular weight excluding hydrogens is 354 g/mol. The number of carbonyl (C=O) groups is 1. The number of aromatic nitrogens is 5. The topological polar surface area (TPSA) is 89.7 Å². The highest BCUT2D eigenvalue weighted by atomic mass is 16.2. The van der Waals surface area contributed by atoms with Gasteiger partial charge in [0.25, 0.3) is 5.91 Å². The molecule has 146 valence electrons. The van der Waals surface area contributed by atoms with Gasteiger partial charge in [-0.2, -0.15) is 5.10 Å². The van der Waals surface area contributed by atoms with E-state index in [0.29, 0.717) is 17.6 Å². The smallest absolute Gasteiger partial charge is 0.279 e. The predicted octanol–water partition coefficient (Wildman–Crippen LogP) is 2.47. The molecule has 8 nitrogen and oxygen atoms in total. The van der Waals surface area contributed by atoms with Gasteiger partial charge in [0.15, 0.2) is 5.69 Å². The van der Waals surface area contributed by atoms with E-state index in [0.717, 1.165) is 48.4 Å². The highest BCUT2D eigenvalue weighted by molar-refractivity contribution is 6.03. The maximum atomic E-state index is 12.8. The number of aryl methyl sites for hydroxylation is 2. The van der Waals surface area contributed by atoms with Crippen molar-refractivity contribution in [3.63, 3.8) is 0 Å². The number of hydrogen-bond donors (Lipinski definition) is 2. The summed E-state index contributed by atoms with van der Waals surface area (Å²) in [4.78, 5) is 12.8. The van der Waals surface area contributed by atoms with E-state index in [-0.39, 0.29) is 5.91 Å². The molecule has 0 saturated carbocycles. The van der Waals surface area contributed by atoms with Crippen LogP contribution in [0.2, 0.25) is 0 Å². The minimum absolute atomic E-state index is 0.267. The van der Waals surface area contributed by atoms with E-state index in [1.165, 1.54) is 0 Å². The molecule has 3 heterocycles. The summed E-state index contributed by atoms with van der Waals surface area (Å²) >= 11 is 0. The normalized spacial score (nSPS) is 15.0. The van der Waals surface area contributed by atoms with Crippen molar-refractivity contribution in [2.45, 2.75) is 32.7 Å². The molecular formula is C20H25N7O. The molecule has 2 aromatic heterocycles. The Bertz CT molecular complexity index is 998. The van der Waals surface area contributed by atoms with Crippen molar-refractivity contribution in [1.29, 1.82) is 0 Å². The van der Waals surface area contributed by atoms with Crippen LogP contribution >= 0.6 is 0 Å². The highest BCUT2D eigenvalue weighted by Gasteiger charge is 2.23. The fraction of sp³-hybridized carbons (Fsp3) is 0.400. The van der Waals surface area contributed by atoms with E-state index in [2.05, 4.69) is 26.0 Å². The first-order chi connectivity index (χ1) is 13.5. The molecule has 2 N–H and O–H groups in total. The molecule has 1 amide bonds. The zero-order chi connectivity index (χ0) is 19.7. The van der Waals surface area contributed by atoms with Crippen LogP contribution in [0, 0.1) is 13.8 Å². The molecule has 3 aromatic rings. The summed E-state index contributed by atoms with van der Waals surface area (Å²) in [6.07, 6.45) is 1.99. The third-order valence-corrected chi connectivity index (χ3v) is 5.34. The quantitative estimate of drug-likeness (QED) is 0.727. The van der Waals surface area contributed by atoms with Crippen molar-refractivity contribution in [1.82, 2.24) is 30.1 Å². The molecule has 0 radical (unpaired) electrons. The molecule has 1 aliphatic rings. The molecule has 0 spiro atoms. The van der Waals surface area contributed by atoms with Gasteiger partial charge in [0.1, 0.15) is 5.82 Å². The molecule has 4 rings (SSSR count). The van der Waals surface area contributed by atoms with Gasteiger partial charge in [0, 0.05) is 18.7 Å². The second kappa shape index (κ2) is 7.55. The van der Waals surface area contributed by atoms with Crippen LogP contribution in [0.3, 0.4) is 0 Å². The molecule has 0 aliphatic carbocycles. The van der Waals surface area contributed by atoms with Crippen LogP contribution in [0.4, 0.5) is 5.82 Å². The van der Waals surface area contributed by atoms with E-state index in [4.69, 9.17) is 0 Å². The van der Waals surface area contributed by atoms with Crippen molar-refractivity contribution in [2.75, 3.05) is 18.4 Å². The van der Waals surface area contributed by atoms with Crippen LogP contribution < -0.4 is 10.6 Å². The zero-order valence-corrected chi connectivity index (χ0v) is 16.4. The fourth-order valence-corrected chi connectivity index (χ4v) is 3.70. The standard InChI is InChI=1S/C20H25N7O/c1-13-6-4-5-7-16(13)17-12-18(26(3)24-17)22-20(28)19-14(2)27(25-23-19)15-8-10-21-11-9-15/h4-7,12,15,21H,8-11H2,1-3H3,(H,22,28). The molecule has 0 unspecified atom stereocenters. The molecule has 0 bridgehead atoms. The number of hydrogen-bond acceptors (Lipinski definition) is 5. The Morgan fingerprint density at radius 1 is 1.21 bits per heavy atom. The second-order valence-corrected chi connectivity index (χ2v) is 7.26. The average Bonchev–Trinajstić information content (AvgIpc) is 3.25. The lowest BCUT2D eigenvalue weighted by Crippen LogP contribution is -2.30. The van der Waals surface area contributed by atoms with E-state index < -0.39 is 0 Å². The first kappa shape index (κ1) is 18.4. The Morgan fingerprint density at radius 2 is 1.96 bits per heavy atom. The minimum Gasteiger partial charge on any atom is -0.317 e. The van der Waals surface area contributed by atoms with Gasteiger partial charge in [-0.25, -0.2) is 4.68 Å². The SMILES string of the molecule is Cc1ccccc1-c1cc(NC(=O)c2nnn(C3CCNCC3)c2C)n(C)n1. The Morgan fingerprint density at radius 3 is 2.71 bits per heavy atom. The van der Waals surface area contributed by atoms with Crippen molar-refractivity contribution in [3.05, 3.63) is 47.3 Å². The maximum absolute atomic E-state index is 12.8. The van der Waals surface area contributed by atoms with Gasteiger partial charge in [-0.3, -0.25) is 9.48 Å². The first-order valence-corrected chi connectivity index (χ1v) is 9.58. The Labute approximate surface area is 163 Å². The van der Waals surface area contributed by atoms with Crippen LogP contribution in [0.5, 0.6) is 0 Å². The van der Waals surface area contributed by atoms with Gasteiger partial charge in [-0.15, -0.1) is 5.10 Å². The largest absolute Gasteiger partial charge is 0.317 e. The molecule has 1 saturated heterocycles. The molecule has 0 atom stereocenters. The third-order valence-electron chi connectivity index (χ3n) is 5.34. The number of piperidine rings is 1. The fourth-order valence-electron chi connectivity index (χ4n) is 3.70. The lowest BCUT2D eigenvalue weighted by molar-refractivity contribution is 0.102. The number of nitrogens with one attached hydrogen (secondary N) is 2. The van der Waals surface area contributed by atoms with E-state index in [1.54, 1.807) is 4.68 Å². The van der Waals surface area contributed by atoms with Crippen LogP contribution in [0.1, 0.15) is 40.6 Å². The van der Waals surface area contributed by atoms with Gasteiger partial charge < -0.3 is 10.6 Å². The van der Waals surface area contributed by atoms with Gasteiger partial charge in [0.2, 0.25) is 0 Å². The molecule has 1 aromatic carbocycles. The summed E-state index contributed by atoms with van der Waals surface area (Å²) in [5.74, 6) is 0.357.